The Kier molecular flexibility index (Phi) is 2.75. The number of ketones is 1. The molecule has 0 radical (unpaired) electrons. The SMILES string of the molecule is C[C@H]1CC(=O)c2c(CC(=O)O)cc(O)cc2O1. The summed E-state index contributed by atoms with van der Waals surface area (Å²) in [6.07, 6.45) is -0.334. The lowest BCUT2D eigenvalue weighted by molar-refractivity contribution is -0.136. The van der Waals surface area contributed by atoms with Gasteiger partial charge in [0.25, 0.3) is 0 Å². The third-order valence-corrected chi connectivity index (χ3v) is 2.59. The maximum Gasteiger partial charge on any atom is 0.307 e. The van der Waals surface area contributed by atoms with Gasteiger partial charge in [0.05, 0.1) is 12.0 Å². The molecule has 0 aliphatic carbocycles. The van der Waals surface area contributed by atoms with Gasteiger partial charge in [0.2, 0.25) is 0 Å². The van der Waals surface area contributed by atoms with E-state index in [-0.39, 0.29) is 41.8 Å². The van der Waals surface area contributed by atoms with Gasteiger partial charge in [-0.3, -0.25) is 9.59 Å². The smallest absolute Gasteiger partial charge is 0.307 e. The van der Waals surface area contributed by atoms with Gasteiger partial charge in [-0.25, -0.2) is 0 Å². The molecule has 0 aromatic heterocycles. The molecule has 5 heteroatoms. The molecule has 17 heavy (non-hydrogen) atoms. The van der Waals surface area contributed by atoms with Crippen LogP contribution in [0.3, 0.4) is 0 Å². The third kappa shape index (κ3) is 2.22. The lowest BCUT2D eigenvalue weighted by Gasteiger charge is -2.24. The number of fused-ring (bicyclic) bond motifs is 1. The van der Waals surface area contributed by atoms with Crippen molar-refractivity contribution in [3.8, 4) is 11.5 Å². The number of benzene rings is 1. The average Bonchev–Trinajstić information content (AvgIpc) is 2.13. The van der Waals surface area contributed by atoms with Crippen molar-refractivity contribution in [1.29, 1.82) is 0 Å². The highest BCUT2D eigenvalue weighted by Crippen LogP contribution is 2.34. The van der Waals surface area contributed by atoms with Crippen LogP contribution >= 0.6 is 0 Å². The van der Waals surface area contributed by atoms with Gasteiger partial charge < -0.3 is 14.9 Å². The van der Waals surface area contributed by atoms with Crippen LogP contribution in [0.15, 0.2) is 12.1 Å². The number of ether oxygens (including phenoxy) is 1. The maximum absolute atomic E-state index is 11.9. The van der Waals surface area contributed by atoms with Crippen molar-refractivity contribution in [2.24, 2.45) is 0 Å². The Bertz CT molecular complexity index is 492. The first-order valence-corrected chi connectivity index (χ1v) is 5.25. The Labute approximate surface area is 97.6 Å². The van der Waals surface area contributed by atoms with E-state index in [1.807, 2.05) is 0 Å². The van der Waals surface area contributed by atoms with Gasteiger partial charge in [0.1, 0.15) is 17.6 Å². The van der Waals surface area contributed by atoms with Gasteiger partial charge in [-0.05, 0) is 18.6 Å². The number of Topliss-reactive ketones (excluding diaryl/α,β-unsaturated/α-hetero) is 1. The average molecular weight is 236 g/mol. The molecule has 1 aliphatic rings. The number of carbonyl (C=O) groups excluding carboxylic acids is 1. The van der Waals surface area contributed by atoms with E-state index in [4.69, 9.17) is 9.84 Å². The number of hydrogen-bond donors (Lipinski definition) is 2. The molecule has 0 saturated heterocycles. The van der Waals surface area contributed by atoms with Crippen LogP contribution in [0.1, 0.15) is 29.3 Å². The summed E-state index contributed by atoms with van der Waals surface area (Å²) in [6.45, 7) is 1.75. The summed E-state index contributed by atoms with van der Waals surface area (Å²) in [7, 11) is 0. The van der Waals surface area contributed by atoms with Crippen LogP contribution < -0.4 is 4.74 Å². The molecule has 5 nitrogen and oxygen atoms in total. The fraction of sp³-hybridized carbons (Fsp3) is 0.333. The van der Waals surface area contributed by atoms with Crippen LogP contribution in [0.2, 0.25) is 0 Å². The molecule has 90 valence electrons. The first-order valence-electron chi connectivity index (χ1n) is 5.25. The Balaban J connectivity index is 2.53. The fourth-order valence-corrected chi connectivity index (χ4v) is 1.99. The number of carboxylic acids is 1. The topological polar surface area (TPSA) is 83.8 Å². The molecule has 1 aromatic carbocycles. The number of carboxylic acid groups (broad SMARTS) is 1. The van der Waals surface area contributed by atoms with Gasteiger partial charge >= 0.3 is 5.97 Å². The highest BCUT2D eigenvalue weighted by atomic mass is 16.5. The highest BCUT2D eigenvalue weighted by Gasteiger charge is 2.27. The van der Waals surface area contributed by atoms with E-state index in [1.54, 1.807) is 6.92 Å². The standard InChI is InChI=1S/C12H12O5/c1-6-2-9(14)12-7(4-11(15)16)3-8(13)5-10(12)17-6/h3,5-6,13H,2,4H2,1H3,(H,15,16)/t6-/m0/s1. The summed E-state index contributed by atoms with van der Waals surface area (Å²) < 4.78 is 5.43. The maximum atomic E-state index is 11.9. The van der Waals surface area contributed by atoms with Gasteiger partial charge in [-0.2, -0.15) is 0 Å². The van der Waals surface area contributed by atoms with E-state index in [9.17, 15) is 14.7 Å². The summed E-state index contributed by atoms with van der Waals surface area (Å²) in [5.74, 6) is -1.02. The van der Waals surface area contributed by atoms with E-state index in [1.165, 1.54) is 12.1 Å². The number of carbonyl (C=O) groups is 2. The van der Waals surface area contributed by atoms with Gasteiger partial charge in [0.15, 0.2) is 5.78 Å². The first kappa shape index (κ1) is 11.4. The summed E-state index contributed by atoms with van der Waals surface area (Å²) in [4.78, 5) is 22.6. The lowest BCUT2D eigenvalue weighted by atomic mass is 9.94. The molecule has 2 rings (SSSR count). The first-order chi connectivity index (χ1) is 7.97. The summed E-state index contributed by atoms with van der Waals surface area (Å²) in [6, 6.07) is 2.64. The van der Waals surface area contributed by atoms with Crippen molar-refractivity contribution < 1.29 is 24.5 Å². The van der Waals surface area contributed by atoms with Crippen molar-refractivity contribution in [2.75, 3.05) is 0 Å². The minimum atomic E-state index is -1.05. The summed E-state index contributed by atoms with van der Waals surface area (Å²) in [5.41, 5.74) is 0.577. The van der Waals surface area contributed by atoms with Gasteiger partial charge in [-0.1, -0.05) is 0 Å². The predicted octanol–water partition coefficient (Wildman–Crippen LogP) is 1.37. The number of rotatable bonds is 2. The van der Waals surface area contributed by atoms with Crippen molar-refractivity contribution in [3.63, 3.8) is 0 Å². The van der Waals surface area contributed by atoms with E-state index >= 15 is 0 Å². The molecule has 0 fully saturated rings. The van der Waals surface area contributed by atoms with Crippen molar-refractivity contribution in [3.05, 3.63) is 23.3 Å². The molecule has 0 unspecified atom stereocenters. The van der Waals surface area contributed by atoms with Crippen LogP contribution in [-0.4, -0.2) is 28.1 Å². The number of phenolic OH excluding ortho intramolecular Hbond substituents is 1. The summed E-state index contributed by atoms with van der Waals surface area (Å²) in [5, 5.41) is 18.2. The molecular weight excluding hydrogens is 224 g/mol. The van der Waals surface area contributed by atoms with Crippen molar-refractivity contribution >= 4 is 11.8 Å². The molecule has 0 spiro atoms. The number of phenols is 1. The molecule has 0 amide bonds. The van der Waals surface area contributed by atoms with Gasteiger partial charge in [0, 0.05) is 12.5 Å². The fourth-order valence-electron chi connectivity index (χ4n) is 1.99. The number of aromatic hydroxyl groups is 1. The van der Waals surface area contributed by atoms with Crippen LogP contribution in [0.4, 0.5) is 0 Å². The second kappa shape index (κ2) is 4.08. The molecule has 0 bridgehead atoms. The molecule has 1 heterocycles. The molecule has 2 N–H and O–H groups in total. The van der Waals surface area contributed by atoms with Crippen LogP contribution in [0, 0.1) is 0 Å². The van der Waals surface area contributed by atoms with Crippen LogP contribution in [0.25, 0.3) is 0 Å². The minimum Gasteiger partial charge on any atom is -0.508 e. The predicted molar refractivity (Wildman–Crippen MR) is 58.5 cm³/mol. The third-order valence-electron chi connectivity index (χ3n) is 2.59. The van der Waals surface area contributed by atoms with Gasteiger partial charge in [-0.15, -0.1) is 0 Å². The molecular formula is C12H12O5. The Morgan fingerprint density at radius 3 is 2.88 bits per heavy atom. The Morgan fingerprint density at radius 1 is 1.53 bits per heavy atom. The van der Waals surface area contributed by atoms with E-state index in [2.05, 4.69) is 0 Å². The largest absolute Gasteiger partial charge is 0.508 e. The quantitative estimate of drug-likeness (QED) is 0.810. The molecule has 1 aromatic rings. The number of aliphatic carboxylic acids is 1. The minimum absolute atomic E-state index is 0.0955. The normalized spacial score (nSPS) is 18.4. The lowest BCUT2D eigenvalue weighted by Crippen LogP contribution is -2.25. The zero-order valence-electron chi connectivity index (χ0n) is 9.27. The Hall–Kier alpha value is -2.04. The zero-order chi connectivity index (χ0) is 12.6. The second-order valence-electron chi connectivity index (χ2n) is 4.10. The van der Waals surface area contributed by atoms with Crippen molar-refractivity contribution in [2.45, 2.75) is 25.9 Å². The van der Waals surface area contributed by atoms with E-state index in [0.717, 1.165) is 0 Å². The van der Waals surface area contributed by atoms with E-state index < -0.39 is 5.97 Å². The number of hydrogen-bond acceptors (Lipinski definition) is 4. The highest BCUT2D eigenvalue weighted by molar-refractivity contribution is 6.02. The second-order valence-corrected chi connectivity index (χ2v) is 4.10. The molecule has 1 atom stereocenters. The monoisotopic (exact) mass is 236 g/mol. The van der Waals surface area contributed by atoms with Crippen LogP contribution in [0.5, 0.6) is 11.5 Å². The zero-order valence-corrected chi connectivity index (χ0v) is 9.27. The van der Waals surface area contributed by atoms with E-state index in [0.29, 0.717) is 5.56 Å². The summed E-state index contributed by atoms with van der Waals surface area (Å²) >= 11 is 0. The van der Waals surface area contributed by atoms with Crippen molar-refractivity contribution in [1.82, 2.24) is 0 Å². The molecule has 0 saturated carbocycles. The Morgan fingerprint density at radius 2 is 2.24 bits per heavy atom. The molecule has 1 aliphatic heterocycles. The van der Waals surface area contributed by atoms with Crippen LogP contribution in [-0.2, 0) is 11.2 Å².